The zero-order valence-electron chi connectivity index (χ0n) is 19.8. The molecule has 0 spiro atoms. The van der Waals surface area contributed by atoms with Gasteiger partial charge in [0.1, 0.15) is 11.5 Å². The van der Waals surface area contributed by atoms with Crippen LogP contribution in [0.2, 0.25) is 5.02 Å². The molecule has 0 radical (unpaired) electrons. The van der Waals surface area contributed by atoms with Crippen LogP contribution in [0.4, 0.5) is 5.69 Å². The van der Waals surface area contributed by atoms with E-state index in [0.717, 1.165) is 30.6 Å². The highest BCUT2D eigenvalue weighted by Crippen LogP contribution is 2.30. The number of nitrogens with zero attached hydrogens (tertiary/aromatic N) is 1. The lowest BCUT2D eigenvalue weighted by molar-refractivity contribution is 0.0953. The highest BCUT2D eigenvalue weighted by Gasteiger charge is 2.28. The first-order valence-corrected chi connectivity index (χ1v) is 12.1. The molecule has 0 fully saturated rings. The van der Waals surface area contributed by atoms with E-state index < -0.39 is 0 Å². The number of carbonyl (C=O) groups is 2. The lowest BCUT2D eigenvalue weighted by Crippen LogP contribution is -2.22. The first-order valence-electron chi connectivity index (χ1n) is 11.8. The maximum absolute atomic E-state index is 13.0. The molecule has 0 unspecified atom stereocenters. The highest BCUT2D eigenvalue weighted by molar-refractivity contribution is 6.30. The summed E-state index contributed by atoms with van der Waals surface area (Å²) in [6.45, 7) is 4.62. The first kappa shape index (κ1) is 24.5. The van der Waals surface area contributed by atoms with Gasteiger partial charge in [0.25, 0.3) is 11.8 Å². The van der Waals surface area contributed by atoms with Gasteiger partial charge in [0.2, 0.25) is 0 Å². The average molecular weight is 494 g/mol. The molecular formula is C27H28ClN3O4. The maximum Gasteiger partial charge on any atom is 0.291 e. The van der Waals surface area contributed by atoms with Crippen LogP contribution in [0.5, 0.6) is 5.75 Å². The van der Waals surface area contributed by atoms with E-state index in [1.807, 2.05) is 19.1 Å². The molecule has 0 saturated heterocycles. The molecule has 7 nitrogen and oxygen atoms in total. The normalized spacial score (nSPS) is 13.9. The van der Waals surface area contributed by atoms with Crippen LogP contribution >= 0.6 is 11.6 Å². The number of furan rings is 1. The monoisotopic (exact) mass is 493 g/mol. The fourth-order valence-electron chi connectivity index (χ4n) is 3.94. The predicted octanol–water partition coefficient (Wildman–Crippen LogP) is 6.14. The van der Waals surface area contributed by atoms with Crippen LogP contribution in [0.3, 0.4) is 0 Å². The molecule has 0 atom stereocenters. The molecule has 8 heteroatoms. The van der Waals surface area contributed by atoms with Gasteiger partial charge in [-0.3, -0.25) is 9.59 Å². The van der Waals surface area contributed by atoms with E-state index >= 15 is 0 Å². The van der Waals surface area contributed by atoms with Gasteiger partial charge in [-0.05, 0) is 74.7 Å². The summed E-state index contributed by atoms with van der Waals surface area (Å²) in [7, 11) is 0. The van der Waals surface area contributed by atoms with Crippen molar-refractivity contribution in [1.82, 2.24) is 5.43 Å². The molecule has 1 aliphatic carbocycles. The number of aryl methyl sites for hydroxylation is 1. The SMILES string of the molecule is CCCCOc1ccc(NC(=O)c2oc3c(c2C)/C(=N/NC(=O)c2ccc(Cl)cc2)CCC3)cc1. The molecule has 35 heavy (non-hydrogen) atoms. The summed E-state index contributed by atoms with van der Waals surface area (Å²) in [4.78, 5) is 25.4. The Morgan fingerprint density at radius 1 is 1.06 bits per heavy atom. The van der Waals surface area contributed by atoms with Crippen molar-refractivity contribution in [2.24, 2.45) is 5.10 Å². The molecular weight excluding hydrogens is 466 g/mol. The van der Waals surface area contributed by atoms with Crippen molar-refractivity contribution in [3.63, 3.8) is 0 Å². The quantitative estimate of drug-likeness (QED) is 0.291. The number of hydrogen-bond donors (Lipinski definition) is 2. The largest absolute Gasteiger partial charge is 0.494 e. The van der Waals surface area contributed by atoms with Crippen LogP contribution in [-0.4, -0.2) is 24.1 Å². The van der Waals surface area contributed by atoms with E-state index in [1.54, 1.807) is 36.4 Å². The van der Waals surface area contributed by atoms with E-state index in [1.165, 1.54) is 0 Å². The van der Waals surface area contributed by atoms with Crippen molar-refractivity contribution in [2.75, 3.05) is 11.9 Å². The number of nitrogens with one attached hydrogen (secondary N) is 2. The number of amides is 2. The van der Waals surface area contributed by atoms with E-state index in [-0.39, 0.29) is 17.6 Å². The average Bonchev–Trinajstić information content (AvgIpc) is 3.21. The predicted molar refractivity (Wildman–Crippen MR) is 137 cm³/mol. The molecule has 182 valence electrons. The molecule has 2 aromatic carbocycles. The Balaban J connectivity index is 1.46. The number of ether oxygens (including phenoxy) is 1. The molecule has 1 aliphatic rings. The third-order valence-electron chi connectivity index (χ3n) is 5.81. The number of halogens is 1. The van der Waals surface area contributed by atoms with Crippen molar-refractivity contribution in [3.05, 3.63) is 81.8 Å². The number of benzene rings is 2. The summed E-state index contributed by atoms with van der Waals surface area (Å²) in [6, 6.07) is 13.9. The van der Waals surface area contributed by atoms with Crippen LogP contribution < -0.4 is 15.5 Å². The minimum Gasteiger partial charge on any atom is -0.494 e. The second-order valence-electron chi connectivity index (χ2n) is 8.39. The van der Waals surface area contributed by atoms with Gasteiger partial charge in [0.05, 0.1) is 12.3 Å². The molecule has 1 aromatic heterocycles. The van der Waals surface area contributed by atoms with Crippen molar-refractivity contribution in [3.8, 4) is 5.75 Å². The molecule has 1 heterocycles. The van der Waals surface area contributed by atoms with Gasteiger partial charge in [0, 0.05) is 33.8 Å². The number of rotatable bonds is 8. The summed E-state index contributed by atoms with van der Waals surface area (Å²) in [5.41, 5.74) is 5.91. The van der Waals surface area contributed by atoms with Crippen LogP contribution in [0, 0.1) is 6.92 Å². The smallest absolute Gasteiger partial charge is 0.291 e. The van der Waals surface area contributed by atoms with Gasteiger partial charge in [-0.1, -0.05) is 24.9 Å². The number of unbranched alkanes of at least 4 members (excludes halogenated alkanes) is 1. The molecule has 0 bridgehead atoms. The second-order valence-corrected chi connectivity index (χ2v) is 8.83. The Hall–Kier alpha value is -3.58. The fraction of sp³-hybridized carbons (Fsp3) is 0.296. The summed E-state index contributed by atoms with van der Waals surface area (Å²) in [5.74, 6) is 1.06. The summed E-state index contributed by atoms with van der Waals surface area (Å²) >= 11 is 5.89. The van der Waals surface area contributed by atoms with Crippen LogP contribution in [0.25, 0.3) is 0 Å². The number of fused-ring (bicyclic) bond motifs is 1. The molecule has 0 saturated carbocycles. The zero-order chi connectivity index (χ0) is 24.8. The number of carbonyl (C=O) groups excluding carboxylic acids is 2. The molecule has 0 aliphatic heterocycles. The van der Waals surface area contributed by atoms with Gasteiger partial charge in [-0.25, -0.2) is 5.43 Å². The Bertz CT molecular complexity index is 1230. The summed E-state index contributed by atoms with van der Waals surface area (Å²) in [6.07, 6.45) is 4.27. The molecule has 4 rings (SSSR count). The topological polar surface area (TPSA) is 92.9 Å². The van der Waals surface area contributed by atoms with E-state index in [9.17, 15) is 9.59 Å². The van der Waals surface area contributed by atoms with Crippen LogP contribution in [-0.2, 0) is 6.42 Å². The fourth-order valence-corrected chi connectivity index (χ4v) is 4.06. The van der Waals surface area contributed by atoms with Crippen LogP contribution in [0.1, 0.15) is 70.4 Å². The van der Waals surface area contributed by atoms with Gasteiger partial charge < -0.3 is 14.5 Å². The van der Waals surface area contributed by atoms with Gasteiger partial charge in [0.15, 0.2) is 5.76 Å². The first-order chi connectivity index (χ1) is 17.0. The van der Waals surface area contributed by atoms with Crippen molar-refractivity contribution < 1.29 is 18.7 Å². The van der Waals surface area contributed by atoms with E-state index in [4.69, 9.17) is 20.8 Å². The molecule has 3 aromatic rings. The zero-order valence-corrected chi connectivity index (χ0v) is 20.6. The lowest BCUT2D eigenvalue weighted by atomic mass is 9.93. The second kappa shape index (κ2) is 11.2. The molecule has 2 N–H and O–H groups in total. The standard InChI is InChI=1S/C27H28ClN3O4/c1-3-4-16-34-21-14-12-20(13-15-21)29-27(33)25-17(2)24-22(6-5-7-23(24)35-25)30-31-26(32)18-8-10-19(28)11-9-18/h8-15H,3-7,16H2,1-2H3,(H,29,33)(H,31,32)/b30-22+. The van der Waals surface area contributed by atoms with Gasteiger partial charge in [-0.2, -0.15) is 5.10 Å². The lowest BCUT2D eigenvalue weighted by Gasteiger charge is -2.13. The highest BCUT2D eigenvalue weighted by atomic mass is 35.5. The Morgan fingerprint density at radius 2 is 1.80 bits per heavy atom. The minimum absolute atomic E-state index is 0.247. The third-order valence-corrected chi connectivity index (χ3v) is 6.06. The molecule has 2 amide bonds. The Labute approximate surface area is 209 Å². The number of hydrogen-bond acceptors (Lipinski definition) is 5. The minimum atomic E-state index is -0.332. The van der Waals surface area contributed by atoms with Gasteiger partial charge in [-0.15, -0.1) is 0 Å². The summed E-state index contributed by atoms with van der Waals surface area (Å²) < 4.78 is 11.6. The number of hydrazone groups is 1. The Kier molecular flexibility index (Phi) is 7.87. The van der Waals surface area contributed by atoms with Crippen molar-refractivity contribution in [2.45, 2.75) is 46.0 Å². The summed E-state index contributed by atoms with van der Waals surface area (Å²) in [5, 5.41) is 7.80. The van der Waals surface area contributed by atoms with Crippen molar-refractivity contribution in [1.29, 1.82) is 0 Å². The Morgan fingerprint density at radius 3 is 2.51 bits per heavy atom. The van der Waals surface area contributed by atoms with E-state index in [2.05, 4.69) is 22.8 Å². The van der Waals surface area contributed by atoms with Crippen LogP contribution in [0.15, 0.2) is 58.0 Å². The third kappa shape index (κ3) is 5.92. The number of anilines is 1. The maximum atomic E-state index is 13.0. The van der Waals surface area contributed by atoms with Gasteiger partial charge >= 0.3 is 0 Å². The van der Waals surface area contributed by atoms with E-state index in [0.29, 0.717) is 52.8 Å². The van der Waals surface area contributed by atoms with Crippen molar-refractivity contribution >= 4 is 34.8 Å².